The summed E-state index contributed by atoms with van der Waals surface area (Å²) in [5.41, 5.74) is 1.98. The lowest BCUT2D eigenvalue weighted by Crippen LogP contribution is -2.23. The van der Waals surface area contributed by atoms with E-state index in [1.54, 1.807) is 43.8 Å². The predicted molar refractivity (Wildman–Crippen MR) is 111 cm³/mol. The SMILES string of the molecule is COc1ccc(NC(=O)c2cc(N(C)CCc3ccncc3)ncn2)c(OC)c1. The van der Waals surface area contributed by atoms with Gasteiger partial charge in [-0.15, -0.1) is 0 Å². The standard InChI is InChI=1S/C21H23N5O3/c1-26(11-8-15-6-9-22-10-7-15)20-13-18(23-14-24-20)21(27)25-17-5-4-16(28-2)12-19(17)29-3/h4-7,9-10,12-14H,8,11H2,1-3H3,(H,25,27). The summed E-state index contributed by atoms with van der Waals surface area (Å²) in [5, 5.41) is 2.82. The summed E-state index contributed by atoms with van der Waals surface area (Å²) in [4.78, 5) is 27.1. The van der Waals surface area contributed by atoms with Crippen LogP contribution in [-0.2, 0) is 6.42 Å². The average Bonchev–Trinajstić information content (AvgIpc) is 2.78. The van der Waals surface area contributed by atoms with E-state index < -0.39 is 0 Å². The molecule has 1 aromatic carbocycles. The maximum absolute atomic E-state index is 12.7. The van der Waals surface area contributed by atoms with Crippen molar-refractivity contribution < 1.29 is 14.3 Å². The number of nitrogens with zero attached hydrogens (tertiary/aromatic N) is 4. The van der Waals surface area contributed by atoms with Crippen LogP contribution in [0.2, 0.25) is 0 Å². The molecular weight excluding hydrogens is 370 g/mol. The van der Waals surface area contributed by atoms with Gasteiger partial charge >= 0.3 is 0 Å². The van der Waals surface area contributed by atoms with Crippen LogP contribution in [0.25, 0.3) is 0 Å². The molecule has 0 radical (unpaired) electrons. The maximum Gasteiger partial charge on any atom is 0.274 e. The van der Waals surface area contributed by atoms with Crippen molar-refractivity contribution >= 4 is 17.4 Å². The number of carbonyl (C=O) groups excluding carboxylic acids is 1. The Balaban J connectivity index is 1.69. The van der Waals surface area contributed by atoms with Gasteiger partial charge in [0.2, 0.25) is 0 Å². The highest BCUT2D eigenvalue weighted by molar-refractivity contribution is 6.04. The Bertz CT molecular complexity index is 966. The zero-order valence-electron chi connectivity index (χ0n) is 16.6. The summed E-state index contributed by atoms with van der Waals surface area (Å²) in [6.07, 6.45) is 5.78. The Kier molecular flexibility index (Phi) is 6.57. The quantitative estimate of drug-likeness (QED) is 0.629. The van der Waals surface area contributed by atoms with E-state index in [9.17, 15) is 4.79 Å². The molecular formula is C21H23N5O3. The first-order valence-electron chi connectivity index (χ1n) is 9.06. The average molecular weight is 393 g/mol. The fraction of sp³-hybridized carbons (Fsp3) is 0.238. The van der Waals surface area contributed by atoms with Crippen molar-refractivity contribution in [3.63, 3.8) is 0 Å². The van der Waals surface area contributed by atoms with Crippen molar-refractivity contribution in [1.82, 2.24) is 15.0 Å². The zero-order chi connectivity index (χ0) is 20.6. The van der Waals surface area contributed by atoms with E-state index >= 15 is 0 Å². The summed E-state index contributed by atoms with van der Waals surface area (Å²) in [6.45, 7) is 0.744. The van der Waals surface area contributed by atoms with Gasteiger partial charge in [0, 0.05) is 38.1 Å². The van der Waals surface area contributed by atoms with Crippen molar-refractivity contribution in [2.45, 2.75) is 6.42 Å². The lowest BCUT2D eigenvalue weighted by molar-refractivity contribution is 0.102. The molecule has 0 aliphatic rings. The number of likely N-dealkylation sites (N-methyl/N-ethyl adjacent to an activating group) is 1. The van der Waals surface area contributed by atoms with Crippen LogP contribution in [-0.4, -0.2) is 48.7 Å². The van der Waals surface area contributed by atoms with Crippen LogP contribution in [0.4, 0.5) is 11.5 Å². The molecule has 0 saturated carbocycles. The van der Waals surface area contributed by atoms with Crippen LogP contribution >= 0.6 is 0 Å². The largest absolute Gasteiger partial charge is 0.497 e. The van der Waals surface area contributed by atoms with E-state index in [2.05, 4.69) is 20.3 Å². The zero-order valence-corrected chi connectivity index (χ0v) is 16.6. The Labute approximate surface area is 169 Å². The number of methoxy groups -OCH3 is 2. The Morgan fingerprint density at radius 2 is 1.86 bits per heavy atom. The van der Waals surface area contributed by atoms with Crippen LogP contribution in [0.1, 0.15) is 16.1 Å². The minimum absolute atomic E-state index is 0.267. The molecule has 0 spiro atoms. The molecule has 1 amide bonds. The first-order chi connectivity index (χ1) is 14.1. The van der Waals surface area contributed by atoms with Gasteiger partial charge in [0.15, 0.2) is 0 Å². The number of ether oxygens (including phenoxy) is 2. The summed E-state index contributed by atoms with van der Waals surface area (Å²) >= 11 is 0. The van der Waals surface area contributed by atoms with Crippen LogP contribution in [0.3, 0.4) is 0 Å². The molecule has 8 nitrogen and oxygen atoms in total. The van der Waals surface area contributed by atoms with Crippen molar-refractivity contribution in [2.24, 2.45) is 0 Å². The van der Waals surface area contributed by atoms with Gasteiger partial charge in [0.1, 0.15) is 29.3 Å². The van der Waals surface area contributed by atoms with Gasteiger partial charge in [0.05, 0.1) is 19.9 Å². The fourth-order valence-electron chi connectivity index (χ4n) is 2.73. The number of anilines is 2. The van der Waals surface area contributed by atoms with E-state index in [-0.39, 0.29) is 11.6 Å². The summed E-state index contributed by atoms with van der Waals surface area (Å²) < 4.78 is 10.5. The molecule has 8 heteroatoms. The molecule has 29 heavy (non-hydrogen) atoms. The van der Waals surface area contributed by atoms with E-state index in [0.717, 1.165) is 13.0 Å². The molecule has 0 aliphatic heterocycles. The smallest absolute Gasteiger partial charge is 0.274 e. The molecule has 0 unspecified atom stereocenters. The van der Waals surface area contributed by atoms with E-state index in [0.29, 0.717) is 23.0 Å². The number of pyridine rings is 1. The predicted octanol–water partition coefficient (Wildman–Crippen LogP) is 2.82. The van der Waals surface area contributed by atoms with Gasteiger partial charge < -0.3 is 19.7 Å². The lowest BCUT2D eigenvalue weighted by atomic mass is 10.2. The number of benzene rings is 1. The number of amides is 1. The molecule has 0 saturated heterocycles. The minimum atomic E-state index is -0.348. The second-order valence-corrected chi connectivity index (χ2v) is 6.31. The minimum Gasteiger partial charge on any atom is -0.497 e. The molecule has 3 aromatic rings. The van der Waals surface area contributed by atoms with E-state index in [1.807, 2.05) is 24.1 Å². The molecule has 150 valence electrons. The third-order valence-electron chi connectivity index (χ3n) is 4.42. The second kappa shape index (κ2) is 9.50. The van der Waals surface area contributed by atoms with Gasteiger partial charge in [-0.05, 0) is 36.2 Å². The Morgan fingerprint density at radius 3 is 2.59 bits per heavy atom. The van der Waals surface area contributed by atoms with Crippen LogP contribution in [0.15, 0.2) is 55.1 Å². The highest BCUT2D eigenvalue weighted by atomic mass is 16.5. The van der Waals surface area contributed by atoms with Gasteiger partial charge in [-0.2, -0.15) is 0 Å². The molecule has 0 bridgehead atoms. The molecule has 1 N–H and O–H groups in total. The van der Waals surface area contributed by atoms with Crippen molar-refractivity contribution in [3.05, 3.63) is 66.4 Å². The molecule has 2 aromatic heterocycles. The number of nitrogens with one attached hydrogen (secondary N) is 1. The third-order valence-corrected chi connectivity index (χ3v) is 4.42. The van der Waals surface area contributed by atoms with Gasteiger partial charge in [0.25, 0.3) is 5.91 Å². The van der Waals surface area contributed by atoms with E-state index in [4.69, 9.17) is 9.47 Å². The van der Waals surface area contributed by atoms with Crippen LogP contribution < -0.4 is 19.7 Å². The number of hydrogen-bond donors (Lipinski definition) is 1. The summed E-state index contributed by atoms with van der Waals surface area (Å²) in [7, 11) is 5.03. The highest BCUT2D eigenvalue weighted by Gasteiger charge is 2.14. The first-order valence-corrected chi connectivity index (χ1v) is 9.06. The van der Waals surface area contributed by atoms with Crippen LogP contribution in [0.5, 0.6) is 11.5 Å². The van der Waals surface area contributed by atoms with Crippen molar-refractivity contribution in [2.75, 3.05) is 38.0 Å². The number of hydrogen-bond acceptors (Lipinski definition) is 7. The molecule has 2 heterocycles. The monoisotopic (exact) mass is 393 g/mol. The number of rotatable bonds is 8. The number of aromatic nitrogens is 3. The Hall–Kier alpha value is -3.68. The molecule has 0 atom stereocenters. The second-order valence-electron chi connectivity index (χ2n) is 6.31. The Morgan fingerprint density at radius 1 is 1.07 bits per heavy atom. The van der Waals surface area contributed by atoms with Crippen molar-refractivity contribution in [1.29, 1.82) is 0 Å². The highest BCUT2D eigenvalue weighted by Crippen LogP contribution is 2.29. The lowest BCUT2D eigenvalue weighted by Gasteiger charge is -2.18. The third kappa shape index (κ3) is 5.19. The van der Waals surface area contributed by atoms with E-state index in [1.165, 1.54) is 19.0 Å². The summed E-state index contributed by atoms with van der Waals surface area (Å²) in [5.74, 6) is 1.46. The molecule has 0 aliphatic carbocycles. The number of carbonyl (C=O) groups is 1. The van der Waals surface area contributed by atoms with Crippen LogP contribution in [0, 0.1) is 0 Å². The van der Waals surface area contributed by atoms with Gasteiger partial charge in [-0.1, -0.05) is 0 Å². The fourth-order valence-corrected chi connectivity index (χ4v) is 2.73. The first kappa shape index (κ1) is 20.1. The summed E-state index contributed by atoms with van der Waals surface area (Å²) in [6, 6.07) is 10.8. The topological polar surface area (TPSA) is 89.5 Å². The van der Waals surface area contributed by atoms with Gasteiger partial charge in [-0.3, -0.25) is 9.78 Å². The molecule has 0 fully saturated rings. The van der Waals surface area contributed by atoms with Gasteiger partial charge in [-0.25, -0.2) is 9.97 Å². The maximum atomic E-state index is 12.7. The molecule has 3 rings (SSSR count). The normalized spacial score (nSPS) is 10.3. The van der Waals surface area contributed by atoms with Crippen molar-refractivity contribution in [3.8, 4) is 11.5 Å².